The SMILES string of the molecule is O=C(N1C[C@]2(c3ccccc3)C[C@H]1CO2)C(F)(F)F. The summed E-state index contributed by atoms with van der Waals surface area (Å²) in [5.41, 5.74) is 0.0577. The van der Waals surface area contributed by atoms with E-state index in [1.165, 1.54) is 0 Å². The van der Waals surface area contributed by atoms with Crippen molar-refractivity contribution in [2.75, 3.05) is 13.2 Å². The van der Waals surface area contributed by atoms with Crippen molar-refractivity contribution < 1.29 is 22.7 Å². The van der Waals surface area contributed by atoms with Crippen LogP contribution in [0.15, 0.2) is 30.3 Å². The number of alkyl halides is 3. The summed E-state index contributed by atoms with van der Waals surface area (Å²) in [4.78, 5) is 12.3. The van der Waals surface area contributed by atoms with Crippen molar-refractivity contribution in [3.63, 3.8) is 0 Å². The Morgan fingerprint density at radius 1 is 1.32 bits per heavy atom. The molecule has 2 fully saturated rings. The maximum atomic E-state index is 12.5. The lowest BCUT2D eigenvalue weighted by Crippen LogP contribution is -2.49. The molecule has 1 aromatic carbocycles. The molecule has 102 valence electrons. The molecule has 2 atom stereocenters. The predicted molar refractivity (Wildman–Crippen MR) is 60.2 cm³/mol. The average Bonchev–Trinajstić information content (AvgIpc) is 2.97. The minimum absolute atomic E-state index is 0.0278. The molecule has 0 saturated carbocycles. The Balaban J connectivity index is 1.88. The first-order chi connectivity index (χ1) is 8.92. The lowest BCUT2D eigenvalue weighted by atomic mass is 9.93. The van der Waals surface area contributed by atoms with Crippen molar-refractivity contribution in [3.05, 3.63) is 35.9 Å². The zero-order chi connectivity index (χ0) is 13.7. The first-order valence-corrected chi connectivity index (χ1v) is 6.00. The molecule has 0 N–H and O–H groups in total. The third-order valence-electron chi connectivity index (χ3n) is 3.79. The molecular formula is C13H12F3NO2. The van der Waals surface area contributed by atoms with Gasteiger partial charge < -0.3 is 9.64 Å². The van der Waals surface area contributed by atoms with Crippen molar-refractivity contribution in [2.24, 2.45) is 0 Å². The molecule has 2 saturated heterocycles. The van der Waals surface area contributed by atoms with Crippen LogP contribution in [-0.2, 0) is 15.1 Å². The first kappa shape index (κ1) is 12.5. The van der Waals surface area contributed by atoms with Gasteiger partial charge in [0.25, 0.3) is 0 Å². The highest BCUT2D eigenvalue weighted by molar-refractivity contribution is 5.82. The zero-order valence-electron chi connectivity index (χ0n) is 9.98. The van der Waals surface area contributed by atoms with Gasteiger partial charge >= 0.3 is 12.1 Å². The van der Waals surface area contributed by atoms with E-state index in [0.717, 1.165) is 10.5 Å². The Kier molecular flexibility index (Phi) is 2.60. The molecule has 6 heteroatoms. The van der Waals surface area contributed by atoms with Gasteiger partial charge in [-0.25, -0.2) is 0 Å². The van der Waals surface area contributed by atoms with Crippen molar-refractivity contribution in [1.29, 1.82) is 0 Å². The number of carbonyl (C=O) groups excluding carboxylic acids is 1. The van der Waals surface area contributed by atoms with E-state index in [1.807, 2.05) is 30.3 Å². The van der Waals surface area contributed by atoms with Gasteiger partial charge in [-0.3, -0.25) is 4.79 Å². The summed E-state index contributed by atoms with van der Waals surface area (Å²) in [5.74, 6) is -1.77. The normalized spacial score (nSPS) is 29.8. The van der Waals surface area contributed by atoms with Crippen LogP contribution in [-0.4, -0.2) is 36.2 Å². The molecule has 0 aromatic heterocycles. The van der Waals surface area contributed by atoms with Gasteiger partial charge in [0.15, 0.2) is 0 Å². The number of benzene rings is 1. The van der Waals surface area contributed by atoms with Crippen LogP contribution in [0.3, 0.4) is 0 Å². The van der Waals surface area contributed by atoms with E-state index < -0.39 is 23.7 Å². The summed E-state index contributed by atoms with van der Waals surface area (Å²) in [6.45, 7) is 0.136. The smallest absolute Gasteiger partial charge is 0.366 e. The number of rotatable bonds is 1. The number of carbonyl (C=O) groups is 1. The molecule has 0 unspecified atom stereocenters. The predicted octanol–water partition coefficient (Wildman–Crippen LogP) is 2.08. The summed E-state index contributed by atoms with van der Waals surface area (Å²) in [6.07, 6.45) is -4.39. The van der Waals surface area contributed by atoms with E-state index in [4.69, 9.17) is 4.74 Å². The molecule has 3 rings (SSSR count). The second-order valence-corrected chi connectivity index (χ2v) is 4.96. The second-order valence-electron chi connectivity index (χ2n) is 4.96. The Labute approximate surface area is 108 Å². The number of hydrogen-bond acceptors (Lipinski definition) is 2. The molecule has 2 aliphatic heterocycles. The minimum atomic E-state index is -4.82. The van der Waals surface area contributed by atoms with Crippen LogP contribution in [0.2, 0.25) is 0 Å². The Morgan fingerprint density at radius 3 is 2.63 bits per heavy atom. The summed E-state index contributed by atoms with van der Waals surface area (Å²) in [7, 11) is 0. The number of fused-ring (bicyclic) bond motifs is 2. The molecule has 2 bridgehead atoms. The van der Waals surface area contributed by atoms with Gasteiger partial charge in [-0.05, 0) is 5.56 Å². The van der Waals surface area contributed by atoms with Crippen LogP contribution in [0.4, 0.5) is 13.2 Å². The third kappa shape index (κ3) is 1.90. The zero-order valence-corrected chi connectivity index (χ0v) is 9.98. The highest BCUT2D eigenvalue weighted by Gasteiger charge is 2.57. The van der Waals surface area contributed by atoms with Gasteiger partial charge in [-0.2, -0.15) is 13.2 Å². The standard InChI is InChI=1S/C13H12F3NO2/c14-13(15,16)11(18)17-8-12(6-10(17)7-19-12)9-4-2-1-3-5-9/h1-5,10H,6-8H2/t10-,12-/m0/s1. The summed E-state index contributed by atoms with van der Waals surface area (Å²) < 4.78 is 43.2. The van der Waals surface area contributed by atoms with E-state index in [2.05, 4.69) is 0 Å². The molecule has 0 radical (unpaired) electrons. The van der Waals surface area contributed by atoms with Gasteiger partial charge in [-0.1, -0.05) is 30.3 Å². The Morgan fingerprint density at radius 2 is 2.00 bits per heavy atom. The van der Waals surface area contributed by atoms with Crippen molar-refractivity contribution in [1.82, 2.24) is 4.90 Å². The quantitative estimate of drug-likeness (QED) is 0.782. The van der Waals surface area contributed by atoms with Crippen LogP contribution in [0.25, 0.3) is 0 Å². The molecular weight excluding hydrogens is 259 g/mol. The monoisotopic (exact) mass is 271 g/mol. The molecule has 2 heterocycles. The van der Waals surface area contributed by atoms with Gasteiger partial charge in [0.2, 0.25) is 0 Å². The summed E-state index contributed by atoms with van der Waals surface area (Å²) >= 11 is 0. The molecule has 1 aromatic rings. The van der Waals surface area contributed by atoms with Crippen LogP contribution in [0.1, 0.15) is 12.0 Å². The fourth-order valence-corrected chi connectivity index (χ4v) is 2.90. The molecule has 3 nitrogen and oxygen atoms in total. The first-order valence-electron chi connectivity index (χ1n) is 6.00. The van der Waals surface area contributed by atoms with Gasteiger partial charge in [0.05, 0.1) is 19.2 Å². The Bertz CT molecular complexity index is 502. The second kappa shape index (κ2) is 3.96. The fourth-order valence-electron chi connectivity index (χ4n) is 2.90. The summed E-state index contributed by atoms with van der Waals surface area (Å²) in [5, 5.41) is 0. The van der Waals surface area contributed by atoms with Crippen LogP contribution in [0, 0.1) is 0 Å². The van der Waals surface area contributed by atoms with Gasteiger partial charge in [0.1, 0.15) is 5.60 Å². The topological polar surface area (TPSA) is 29.5 Å². The van der Waals surface area contributed by atoms with E-state index in [9.17, 15) is 18.0 Å². The van der Waals surface area contributed by atoms with Gasteiger partial charge in [0, 0.05) is 6.42 Å². The highest BCUT2D eigenvalue weighted by Crippen LogP contribution is 2.45. The number of ether oxygens (including phenoxy) is 1. The maximum Gasteiger partial charge on any atom is 0.471 e. The van der Waals surface area contributed by atoms with Crippen molar-refractivity contribution in [3.8, 4) is 0 Å². The molecule has 2 aliphatic rings. The largest absolute Gasteiger partial charge is 0.471 e. The minimum Gasteiger partial charge on any atom is -0.366 e. The highest BCUT2D eigenvalue weighted by atomic mass is 19.4. The number of amides is 1. The van der Waals surface area contributed by atoms with Crippen molar-refractivity contribution in [2.45, 2.75) is 24.2 Å². The van der Waals surface area contributed by atoms with E-state index in [0.29, 0.717) is 6.42 Å². The van der Waals surface area contributed by atoms with Crippen molar-refractivity contribution >= 4 is 5.91 Å². The van der Waals surface area contributed by atoms with E-state index in [-0.39, 0.29) is 13.2 Å². The van der Waals surface area contributed by atoms with Crippen LogP contribution < -0.4 is 0 Å². The average molecular weight is 271 g/mol. The van der Waals surface area contributed by atoms with E-state index in [1.54, 1.807) is 0 Å². The lowest BCUT2D eigenvalue weighted by molar-refractivity contribution is -0.191. The molecule has 0 spiro atoms. The third-order valence-corrected chi connectivity index (χ3v) is 3.79. The number of morpholine rings is 1. The fraction of sp³-hybridized carbons (Fsp3) is 0.462. The Hall–Kier alpha value is -1.56. The molecule has 0 aliphatic carbocycles. The number of nitrogens with zero attached hydrogens (tertiary/aromatic N) is 1. The lowest BCUT2D eigenvalue weighted by Gasteiger charge is -2.33. The van der Waals surface area contributed by atoms with E-state index >= 15 is 0 Å². The summed E-state index contributed by atoms with van der Waals surface area (Å²) in [6, 6.07) is 8.63. The maximum absolute atomic E-state index is 12.5. The number of hydrogen-bond donors (Lipinski definition) is 0. The van der Waals surface area contributed by atoms with Crippen LogP contribution >= 0.6 is 0 Å². The molecule has 1 amide bonds. The molecule has 19 heavy (non-hydrogen) atoms. The van der Waals surface area contributed by atoms with Gasteiger partial charge in [-0.15, -0.1) is 0 Å². The van der Waals surface area contributed by atoms with Crippen LogP contribution in [0.5, 0.6) is 0 Å². The number of likely N-dealkylation sites (tertiary alicyclic amines) is 1. The number of halogens is 3.